The summed E-state index contributed by atoms with van der Waals surface area (Å²) >= 11 is 11.7. The Hall–Kier alpha value is -0.970. The van der Waals surface area contributed by atoms with Crippen LogP contribution in [0.5, 0.6) is 0 Å². The van der Waals surface area contributed by atoms with Crippen molar-refractivity contribution in [3.63, 3.8) is 0 Å². The Kier molecular flexibility index (Phi) is 5.91. The number of amides is 2. The zero-order chi connectivity index (χ0) is 14.5. The van der Waals surface area contributed by atoms with Crippen LogP contribution in [-0.2, 0) is 0 Å². The molecule has 0 aliphatic carbocycles. The molecule has 0 fully saturated rings. The number of anilines is 1. The third kappa shape index (κ3) is 4.56. The van der Waals surface area contributed by atoms with Gasteiger partial charge in [0.05, 0.1) is 5.54 Å². The highest BCUT2D eigenvalue weighted by atomic mass is 35.5. The second kappa shape index (κ2) is 6.98. The van der Waals surface area contributed by atoms with Crippen LogP contribution in [0, 0.1) is 0 Å². The third-order valence-electron chi connectivity index (χ3n) is 3.24. The van der Waals surface area contributed by atoms with E-state index in [0.717, 1.165) is 12.8 Å². The van der Waals surface area contributed by atoms with Crippen LogP contribution in [0.2, 0.25) is 10.0 Å². The summed E-state index contributed by atoms with van der Waals surface area (Å²) in [5, 5.41) is 6.56. The molecule has 0 atom stereocenters. The fourth-order valence-electron chi connectivity index (χ4n) is 1.80. The lowest BCUT2D eigenvalue weighted by molar-refractivity contribution is 0.233. The van der Waals surface area contributed by atoms with Gasteiger partial charge in [-0.25, -0.2) is 4.79 Å². The molecule has 19 heavy (non-hydrogen) atoms. The summed E-state index contributed by atoms with van der Waals surface area (Å²) in [6.07, 6.45) is 1.54. The van der Waals surface area contributed by atoms with E-state index in [1.54, 1.807) is 18.2 Å². The topological polar surface area (TPSA) is 67.1 Å². The van der Waals surface area contributed by atoms with Crippen molar-refractivity contribution >= 4 is 34.9 Å². The molecule has 4 N–H and O–H groups in total. The van der Waals surface area contributed by atoms with Crippen molar-refractivity contribution in [2.45, 2.75) is 32.2 Å². The van der Waals surface area contributed by atoms with Crippen molar-refractivity contribution in [1.82, 2.24) is 5.32 Å². The van der Waals surface area contributed by atoms with Crippen LogP contribution in [-0.4, -0.2) is 18.1 Å². The van der Waals surface area contributed by atoms with Crippen LogP contribution >= 0.6 is 23.2 Å². The lowest BCUT2D eigenvalue weighted by atomic mass is 9.93. The molecule has 1 aromatic rings. The van der Waals surface area contributed by atoms with Crippen LogP contribution < -0.4 is 16.4 Å². The Morgan fingerprint density at radius 1 is 1.21 bits per heavy atom. The SMILES string of the molecule is CCC(CC)(CN)NC(=O)Nc1cc(Cl)cc(Cl)c1. The van der Waals surface area contributed by atoms with Gasteiger partial charge in [0, 0.05) is 22.3 Å². The van der Waals surface area contributed by atoms with E-state index in [9.17, 15) is 4.79 Å². The molecule has 2 amide bonds. The molecule has 0 heterocycles. The molecule has 4 nitrogen and oxygen atoms in total. The number of hydrogen-bond donors (Lipinski definition) is 3. The first-order valence-corrected chi connectivity index (χ1v) is 6.95. The lowest BCUT2D eigenvalue weighted by Gasteiger charge is -2.31. The predicted molar refractivity (Wildman–Crippen MR) is 81.0 cm³/mol. The van der Waals surface area contributed by atoms with Gasteiger partial charge in [-0.3, -0.25) is 0 Å². The number of carbonyl (C=O) groups excluding carboxylic acids is 1. The van der Waals surface area contributed by atoms with Crippen molar-refractivity contribution in [1.29, 1.82) is 0 Å². The summed E-state index contributed by atoms with van der Waals surface area (Å²) in [6.45, 7) is 4.38. The molecule has 106 valence electrons. The molecule has 0 bridgehead atoms. The van der Waals surface area contributed by atoms with Gasteiger partial charge in [0.2, 0.25) is 0 Å². The third-order valence-corrected chi connectivity index (χ3v) is 3.68. The molecule has 6 heteroatoms. The number of hydrogen-bond acceptors (Lipinski definition) is 2. The first-order chi connectivity index (χ1) is 8.94. The quantitative estimate of drug-likeness (QED) is 0.777. The smallest absolute Gasteiger partial charge is 0.319 e. The Bertz CT molecular complexity index is 419. The number of benzene rings is 1. The van der Waals surface area contributed by atoms with Crippen LogP contribution in [0.25, 0.3) is 0 Å². The second-order valence-electron chi connectivity index (χ2n) is 4.43. The number of halogens is 2. The number of rotatable bonds is 5. The molecular formula is C13H19Cl2N3O. The van der Waals surface area contributed by atoms with E-state index < -0.39 is 0 Å². The lowest BCUT2D eigenvalue weighted by Crippen LogP contribution is -2.54. The maximum Gasteiger partial charge on any atom is 0.319 e. The van der Waals surface area contributed by atoms with Gasteiger partial charge in [-0.2, -0.15) is 0 Å². The minimum Gasteiger partial charge on any atom is -0.331 e. The fraction of sp³-hybridized carbons (Fsp3) is 0.462. The van der Waals surface area contributed by atoms with Crippen molar-refractivity contribution in [3.05, 3.63) is 28.2 Å². The normalized spacial score (nSPS) is 11.2. The average Bonchev–Trinajstić information content (AvgIpc) is 2.35. The van der Waals surface area contributed by atoms with Crippen molar-refractivity contribution in [3.8, 4) is 0 Å². The van der Waals surface area contributed by atoms with Gasteiger partial charge >= 0.3 is 6.03 Å². The molecule has 0 saturated heterocycles. The van der Waals surface area contributed by atoms with E-state index in [4.69, 9.17) is 28.9 Å². The van der Waals surface area contributed by atoms with E-state index >= 15 is 0 Å². The Morgan fingerprint density at radius 3 is 2.16 bits per heavy atom. The highest BCUT2D eigenvalue weighted by Crippen LogP contribution is 2.22. The van der Waals surface area contributed by atoms with Gasteiger partial charge < -0.3 is 16.4 Å². The van der Waals surface area contributed by atoms with Crippen LogP contribution in [0.4, 0.5) is 10.5 Å². The number of nitrogens with two attached hydrogens (primary N) is 1. The highest BCUT2D eigenvalue weighted by molar-refractivity contribution is 6.35. The summed E-state index contributed by atoms with van der Waals surface area (Å²) in [5.41, 5.74) is 5.90. The van der Waals surface area contributed by atoms with Gasteiger partial charge in [-0.1, -0.05) is 37.0 Å². The Balaban J connectivity index is 2.74. The molecular weight excluding hydrogens is 285 g/mol. The largest absolute Gasteiger partial charge is 0.331 e. The van der Waals surface area contributed by atoms with E-state index in [-0.39, 0.29) is 11.6 Å². The predicted octanol–water partition coefficient (Wildman–Crippen LogP) is 3.63. The van der Waals surface area contributed by atoms with Gasteiger partial charge in [-0.15, -0.1) is 0 Å². The molecule has 0 saturated carbocycles. The van der Waals surface area contributed by atoms with Crippen molar-refractivity contribution in [2.24, 2.45) is 5.73 Å². The van der Waals surface area contributed by atoms with Gasteiger partial charge in [0.1, 0.15) is 0 Å². The Labute approximate surface area is 123 Å². The molecule has 0 aromatic heterocycles. The number of nitrogens with one attached hydrogen (secondary N) is 2. The molecule has 1 aromatic carbocycles. The monoisotopic (exact) mass is 303 g/mol. The minimum atomic E-state index is -0.382. The first-order valence-electron chi connectivity index (χ1n) is 6.20. The fourth-order valence-corrected chi connectivity index (χ4v) is 2.32. The van der Waals surface area contributed by atoms with Gasteiger partial charge in [0.15, 0.2) is 0 Å². The summed E-state index contributed by atoms with van der Waals surface area (Å²) in [7, 11) is 0. The van der Waals surface area contributed by atoms with E-state index in [2.05, 4.69) is 10.6 Å². The zero-order valence-corrected chi connectivity index (χ0v) is 12.6. The summed E-state index contributed by atoms with van der Waals surface area (Å²) in [5.74, 6) is 0. The Morgan fingerprint density at radius 2 is 1.74 bits per heavy atom. The molecule has 0 unspecified atom stereocenters. The van der Waals surface area contributed by atoms with Crippen molar-refractivity contribution < 1.29 is 4.79 Å². The van der Waals surface area contributed by atoms with Crippen molar-refractivity contribution in [2.75, 3.05) is 11.9 Å². The van der Waals surface area contributed by atoms with Crippen LogP contribution in [0.15, 0.2) is 18.2 Å². The number of carbonyl (C=O) groups is 1. The maximum atomic E-state index is 12.0. The van der Waals surface area contributed by atoms with E-state index in [0.29, 0.717) is 22.3 Å². The van der Waals surface area contributed by atoms with Crippen LogP contribution in [0.3, 0.4) is 0 Å². The van der Waals surface area contributed by atoms with Gasteiger partial charge in [-0.05, 0) is 31.0 Å². The zero-order valence-electron chi connectivity index (χ0n) is 11.1. The number of urea groups is 1. The molecule has 0 aliphatic heterocycles. The summed E-state index contributed by atoms with van der Waals surface area (Å²) in [4.78, 5) is 12.0. The maximum absolute atomic E-state index is 12.0. The van der Waals surface area contributed by atoms with Crippen LogP contribution in [0.1, 0.15) is 26.7 Å². The van der Waals surface area contributed by atoms with Gasteiger partial charge in [0.25, 0.3) is 0 Å². The van der Waals surface area contributed by atoms with E-state index in [1.165, 1.54) is 0 Å². The highest BCUT2D eigenvalue weighted by Gasteiger charge is 2.26. The first kappa shape index (κ1) is 16.1. The average molecular weight is 304 g/mol. The molecule has 1 rings (SSSR count). The second-order valence-corrected chi connectivity index (χ2v) is 5.30. The minimum absolute atomic E-state index is 0.313. The molecule has 0 spiro atoms. The summed E-state index contributed by atoms with van der Waals surface area (Å²) < 4.78 is 0. The van der Waals surface area contributed by atoms with E-state index in [1.807, 2.05) is 13.8 Å². The molecule has 0 aliphatic rings. The molecule has 0 radical (unpaired) electrons. The standard InChI is InChI=1S/C13H19Cl2N3O/c1-3-13(4-2,8-16)18-12(19)17-11-6-9(14)5-10(15)7-11/h5-7H,3-4,8,16H2,1-2H3,(H2,17,18,19). The summed E-state index contributed by atoms with van der Waals surface area (Å²) in [6, 6.07) is 4.56.